The smallest absolute Gasteiger partial charge is 0.257 e. The normalized spacial score (nSPS) is 15.8. The van der Waals surface area contributed by atoms with Crippen molar-refractivity contribution < 1.29 is 13.6 Å². The standard InChI is InChI=1S/C16H21F2NO/c1-11(2)10-19(12-6-3-4-7-12)16(20)13-8-5-9-14(17)15(13)18/h5,8-9,11-12H,3-4,6-7,10H2,1-2H3. The van der Waals surface area contributed by atoms with Crippen LogP contribution in [0.25, 0.3) is 0 Å². The molecule has 0 spiro atoms. The van der Waals surface area contributed by atoms with E-state index in [2.05, 4.69) is 0 Å². The zero-order chi connectivity index (χ0) is 14.7. The van der Waals surface area contributed by atoms with E-state index >= 15 is 0 Å². The van der Waals surface area contributed by atoms with Gasteiger partial charge in [0.25, 0.3) is 5.91 Å². The topological polar surface area (TPSA) is 20.3 Å². The second kappa shape index (κ2) is 6.33. The van der Waals surface area contributed by atoms with Gasteiger partial charge in [-0.25, -0.2) is 8.78 Å². The van der Waals surface area contributed by atoms with Crippen LogP contribution in [0.3, 0.4) is 0 Å². The number of benzene rings is 1. The van der Waals surface area contributed by atoms with Gasteiger partial charge in [-0.3, -0.25) is 4.79 Å². The molecule has 1 saturated carbocycles. The molecule has 0 aromatic heterocycles. The van der Waals surface area contributed by atoms with Crippen LogP contribution in [0.4, 0.5) is 8.78 Å². The number of rotatable bonds is 4. The van der Waals surface area contributed by atoms with Crippen LogP contribution in [0, 0.1) is 17.6 Å². The predicted octanol–water partition coefficient (Wildman–Crippen LogP) is 4.01. The van der Waals surface area contributed by atoms with E-state index in [0.717, 1.165) is 31.7 Å². The number of carbonyl (C=O) groups excluding carboxylic acids is 1. The van der Waals surface area contributed by atoms with Crippen molar-refractivity contribution in [3.8, 4) is 0 Å². The summed E-state index contributed by atoms with van der Waals surface area (Å²) in [6, 6.07) is 3.94. The van der Waals surface area contributed by atoms with E-state index < -0.39 is 11.6 Å². The van der Waals surface area contributed by atoms with E-state index in [9.17, 15) is 13.6 Å². The lowest BCUT2D eigenvalue weighted by Gasteiger charge is -2.30. The Morgan fingerprint density at radius 3 is 2.55 bits per heavy atom. The third kappa shape index (κ3) is 3.17. The number of halogens is 2. The van der Waals surface area contributed by atoms with E-state index in [1.165, 1.54) is 12.1 Å². The summed E-state index contributed by atoms with van der Waals surface area (Å²) in [5.74, 6) is -2.09. The summed E-state index contributed by atoms with van der Waals surface area (Å²) in [5, 5.41) is 0. The maximum absolute atomic E-state index is 13.8. The maximum Gasteiger partial charge on any atom is 0.257 e. The van der Waals surface area contributed by atoms with Crippen LogP contribution in [0.1, 0.15) is 49.9 Å². The molecule has 2 nitrogen and oxygen atoms in total. The molecule has 0 unspecified atom stereocenters. The molecule has 0 aliphatic heterocycles. The molecule has 4 heteroatoms. The number of hydrogen-bond acceptors (Lipinski definition) is 1. The van der Waals surface area contributed by atoms with E-state index in [4.69, 9.17) is 0 Å². The number of amides is 1. The highest BCUT2D eigenvalue weighted by molar-refractivity contribution is 5.94. The zero-order valence-corrected chi connectivity index (χ0v) is 12.0. The maximum atomic E-state index is 13.8. The van der Waals surface area contributed by atoms with Gasteiger partial charge < -0.3 is 4.90 Å². The summed E-state index contributed by atoms with van der Waals surface area (Å²) in [6.45, 7) is 4.63. The zero-order valence-electron chi connectivity index (χ0n) is 12.0. The quantitative estimate of drug-likeness (QED) is 0.816. The van der Waals surface area contributed by atoms with E-state index in [-0.39, 0.29) is 17.5 Å². The Balaban J connectivity index is 2.27. The average Bonchev–Trinajstić information content (AvgIpc) is 2.92. The second-order valence-corrected chi connectivity index (χ2v) is 5.89. The fourth-order valence-corrected chi connectivity index (χ4v) is 2.83. The molecular weight excluding hydrogens is 260 g/mol. The molecule has 1 aromatic carbocycles. The van der Waals surface area contributed by atoms with E-state index in [1.807, 2.05) is 13.8 Å². The van der Waals surface area contributed by atoms with Crippen LogP contribution in [0.15, 0.2) is 18.2 Å². The fourth-order valence-electron chi connectivity index (χ4n) is 2.83. The first-order chi connectivity index (χ1) is 9.50. The minimum atomic E-state index is -1.04. The Morgan fingerprint density at radius 1 is 1.30 bits per heavy atom. The highest BCUT2D eigenvalue weighted by Crippen LogP contribution is 2.26. The lowest BCUT2D eigenvalue weighted by molar-refractivity contribution is 0.0649. The van der Waals surface area contributed by atoms with Crippen LogP contribution in [-0.2, 0) is 0 Å². The molecule has 0 radical (unpaired) electrons. The molecule has 1 amide bonds. The Hall–Kier alpha value is -1.45. The summed E-state index contributed by atoms with van der Waals surface area (Å²) < 4.78 is 27.1. The SMILES string of the molecule is CC(C)CN(C(=O)c1cccc(F)c1F)C1CCCC1. The molecule has 20 heavy (non-hydrogen) atoms. The van der Waals surface area contributed by atoms with E-state index in [0.29, 0.717) is 12.5 Å². The highest BCUT2D eigenvalue weighted by Gasteiger charge is 2.29. The largest absolute Gasteiger partial charge is 0.335 e. The predicted molar refractivity (Wildman–Crippen MR) is 74.5 cm³/mol. The monoisotopic (exact) mass is 281 g/mol. The van der Waals surface area contributed by atoms with Gasteiger partial charge in [-0.15, -0.1) is 0 Å². The van der Waals surface area contributed by atoms with Gasteiger partial charge in [0.15, 0.2) is 11.6 Å². The average molecular weight is 281 g/mol. The summed E-state index contributed by atoms with van der Waals surface area (Å²) in [4.78, 5) is 14.3. The van der Waals surface area contributed by atoms with Crippen molar-refractivity contribution >= 4 is 5.91 Å². The van der Waals surface area contributed by atoms with Gasteiger partial charge in [-0.2, -0.15) is 0 Å². The van der Waals surface area contributed by atoms with Crippen LogP contribution in [0.2, 0.25) is 0 Å². The van der Waals surface area contributed by atoms with Gasteiger partial charge in [0.1, 0.15) is 0 Å². The van der Waals surface area contributed by atoms with Gasteiger partial charge in [0.2, 0.25) is 0 Å². The molecule has 110 valence electrons. The second-order valence-electron chi connectivity index (χ2n) is 5.89. The minimum Gasteiger partial charge on any atom is -0.335 e. The van der Waals surface area contributed by atoms with Crippen molar-refractivity contribution in [3.63, 3.8) is 0 Å². The first-order valence-corrected chi connectivity index (χ1v) is 7.25. The van der Waals surface area contributed by atoms with Gasteiger partial charge >= 0.3 is 0 Å². The number of carbonyl (C=O) groups is 1. The summed E-state index contributed by atoms with van der Waals surface area (Å²) in [7, 11) is 0. The Morgan fingerprint density at radius 2 is 1.95 bits per heavy atom. The highest BCUT2D eigenvalue weighted by atomic mass is 19.2. The van der Waals surface area contributed by atoms with E-state index in [1.54, 1.807) is 4.90 Å². The summed E-state index contributed by atoms with van der Waals surface area (Å²) >= 11 is 0. The number of hydrogen-bond donors (Lipinski definition) is 0. The molecule has 2 rings (SSSR count). The van der Waals surface area contributed by atoms with Gasteiger partial charge in [-0.1, -0.05) is 32.8 Å². The summed E-state index contributed by atoms with van der Waals surface area (Å²) in [6.07, 6.45) is 4.10. The van der Waals surface area contributed by atoms with Gasteiger partial charge in [0.05, 0.1) is 5.56 Å². The molecule has 1 aliphatic carbocycles. The Kier molecular flexibility index (Phi) is 4.73. The first-order valence-electron chi connectivity index (χ1n) is 7.25. The molecule has 0 saturated heterocycles. The third-order valence-corrected chi connectivity index (χ3v) is 3.77. The lowest BCUT2D eigenvalue weighted by atomic mass is 10.1. The number of nitrogens with zero attached hydrogens (tertiary/aromatic N) is 1. The molecule has 1 fully saturated rings. The molecular formula is C16H21F2NO. The molecule has 0 heterocycles. The van der Waals surface area contributed by atoms with Crippen LogP contribution in [0.5, 0.6) is 0 Å². The van der Waals surface area contributed by atoms with Crippen LogP contribution < -0.4 is 0 Å². The van der Waals surface area contributed by atoms with Crippen molar-refractivity contribution in [1.29, 1.82) is 0 Å². The molecule has 0 atom stereocenters. The lowest BCUT2D eigenvalue weighted by Crippen LogP contribution is -2.41. The third-order valence-electron chi connectivity index (χ3n) is 3.77. The molecule has 1 aromatic rings. The van der Waals surface area contributed by atoms with Gasteiger partial charge in [-0.05, 0) is 30.9 Å². The van der Waals surface area contributed by atoms with Crippen molar-refractivity contribution in [1.82, 2.24) is 4.90 Å². The Labute approximate surface area is 118 Å². The van der Waals surface area contributed by atoms with Crippen molar-refractivity contribution in [2.45, 2.75) is 45.6 Å². The van der Waals surface area contributed by atoms with Crippen molar-refractivity contribution in [3.05, 3.63) is 35.4 Å². The minimum absolute atomic E-state index is 0.155. The fraction of sp³-hybridized carbons (Fsp3) is 0.562. The Bertz CT molecular complexity index is 481. The van der Waals surface area contributed by atoms with Crippen molar-refractivity contribution in [2.75, 3.05) is 6.54 Å². The van der Waals surface area contributed by atoms with Crippen LogP contribution in [-0.4, -0.2) is 23.4 Å². The summed E-state index contributed by atoms with van der Waals surface area (Å²) in [5.41, 5.74) is -0.155. The van der Waals surface area contributed by atoms with Gasteiger partial charge in [0, 0.05) is 12.6 Å². The molecule has 0 bridgehead atoms. The molecule has 0 N–H and O–H groups in total. The molecule has 1 aliphatic rings. The first kappa shape index (κ1) is 14.9. The van der Waals surface area contributed by atoms with Crippen molar-refractivity contribution in [2.24, 2.45) is 5.92 Å². The van der Waals surface area contributed by atoms with Crippen LogP contribution >= 0.6 is 0 Å².